The van der Waals surface area contributed by atoms with E-state index in [1.165, 1.54) is 23.5 Å². The fourth-order valence-corrected chi connectivity index (χ4v) is 3.74. The summed E-state index contributed by atoms with van der Waals surface area (Å²) in [6.45, 7) is 0. The lowest BCUT2D eigenvalue weighted by atomic mass is 10.1. The number of carboxylic acids is 1. The third-order valence-electron chi connectivity index (χ3n) is 4.12. The molecule has 8 heteroatoms. The largest absolute Gasteiger partial charge is 0.478 e. The molecule has 2 heterocycles. The Morgan fingerprint density at radius 3 is 2.59 bits per heavy atom. The summed E-state index contributed by atoms with van der Waals surface area (Å²) in [5, 5.41) is 29.9. The van der Waals surface area contributed by atoms with E-state index in [4.69, 9.17) is 10.1 Å². The molecule has 0 atom stereocenters. The summed E-state index contributed by atoms with van der Waals surface area (Å²) in [6.07, 6.45) is 3.28. The Kier molecular flexibility index (Phi) is 4.97. The lowest BCUT2D eigenvalue weighted by molar-refractivity contribution is 0.0697. The fraction of sp³-hybridized carbons (Fsp3) is 0. The predicted octanol–water partition coefficient (Wildman–Crippen LogP) is 4.58. The Morgan fingerprint density at radius 2 is 1.90 bits per heavy atom. The van der Waals surface area contributed by atoms with Crippen LogP contribution in [0.4, 0.5) is 10.8 Å². The van der Waals surface area contributed by atoms with Crippen molar-refractivity contribution in [2.75, 3.05) is 5.32 Å². The van der Waals surface area contributed by atoms with Crippen LogP contribution in [0.3, 0.4) is 0 Å². The number of carbonyl (C=O) groups is 1. The second-order valence-corrected chi connectivity index (χ2v) is 7.03. The maximum atomic E-state index is 11.0. The SMILES string of the molecule is N#Cc1cccc(-c2nc(Nc3ccc(C(=O)O)cc3)sc2-c2ccnnc2)c1. The van der Waals surface area contributed by atoms with Gasteiger partial charge in [-0.05, 0) is 42.5 Å². The van der Waals surface area contributed by atoms with Crippen molar-refractivity contribution >= 4 is 28.1 Å². The second kappa shape index (κ2) is 7.88. The van der Waals surface area contributed by atoms with Gasteiger partial charge in [-0.3, -0.25) is 0 Å². The highest BCUT2D eigenvalue weighted by Crippen LogP contribution is 2.39. The van der Waals surface area contributed by atoms with Crippen molar-refractivity contribution in [3.63, 3.8) is 0 Å². The highest BCUT2D eigenvalue weighted by atomic mass is 32.1. The zero-order valence-electron chi connectivity index (χ0n) is 14.9. The molecule has 0 saturated carbocycles. The normalized spacial score (nSPS) is 10.3. The number of nitriles is 1. The molecule has 0 fully saturated rings. The minimum absolute atomic E-state index is 0.215. The lowest BCUT2D eigenvalue weighted by Crippen LogP contribution is -1.96. The van der Waals surface area contributed by atoms with Crippen molar-refractivity contribution in [2.24, 2.45) is 0 Å². The minimum atomic E-state index is -0.974. The molecule has 29 heavy (non-hydrogen) atoms. The van der Waals surface area contributed by atoms with E-state index in [0.717, 1.165) is 27.4 Å². The fourth-order valence-electron chi connectivity index (χ4n) is 2.75. The van der Waals surface area contributed by atoms with E-state index in [0.29, 0.717) is 10.7 Å². The van der Waals surface area contributed by atoms with Crippen LogP contribution in [0.1, 0.15) is 15.9 Å². The first-order valence-corrected chi connectivity index (χ1v) is 9.34. The summed E-state index contributed by atoms with van der Waals surface area (Å²) in [6, 6.07) is 17.7. The first-order chi connectivity index (χ1) is 14.1. The number of thiazole rings is 1. The molecule has 0 radical (unpaired) electrons. The van der Waals surface area contributed by atoms with Gasteiger partial charge in [0.15, 0.2) is 5.13 Å². The minimum Gasteiger partial charge on any atom is -0.478 e. The van der Waals surface area contributed by atoms with Crippen LogP contribution >= 0.6 is 11.3 Å². The van der Waals surface area contributed by atoms with Crippen LogP contribution < -0.4 is 5.32 Å². The van der Waals surface area contributed by atoms with Crippen LogP contribution in [0.25, 0.3) is 21.7 Å². The first-order valence-electron chi connectivity index (χ1n) is 8.53. The van der Waals surface area contributed by atoms with Gasteiger partial charge in [0.1, 0.15) is 0 Å². The molecule has 0 unspecified atom stereocenters. The number of aromatic nitrogens is 3. The van der Waals surface area contributed by atoms with Crippen molar-refractivity contribution in [1.29, 1.82) is 5.26 Å². The third-order valence-corrected chi connectivity index (χ3v) is 5.14. The van der Waals surface area contributed by atoms with Crippen LogP contribution in [0.15, 0.2) is 67.0 Å². The van der Waals surface area contributed by atoms with Crippen LogP contribution in [-0.4, -0.2) is 26.3 Å². The zero-order chi connectivity index (χ0) is 20.2. The van der Waals surface area contributed by atoms with Crippen LogP contribution in [0.5, 0.6) is 0 Å². The Bertz CT molecular complexity index is 1210. The molecule has 140 valence electrons. The Hall–Kier alpha value is -4.09. The van der Waals surface area contributed by atoms with Crippen molar-refractivity contribution in [3.8, 4) is 27.8 Å². The molecule has 4 aromatic rings. The van der Waals surface area contributed by atoms with Crippen molar-refractivity contribution in [1.82, 2.24) is 15.2 Å². The topological polar surface area (TPSA) is 112 Å². The van der Waals surface area contributed by atoms with Gasteiger partial charge < -0.3 is 10.4 Å². The van der Waals surface area contributed by atoms with E-state index in [1.54, 1.807) is 36.7 Å². The number of hydrogen-bond donors (Lipinski definition) is 2. The summed E-state index contributed by atoms with van der Waals surface area (Å²) in [5.74, 6) is -0.974. The molecule has 2 N–H and O–H groups in total. The molecule has 0 spiro atoms. The number of benzene rings is 2. The Balaban J connectivity index is 1.75. The molecule has 0 aliphatic heterocycles. The summed E-state index contributed by atoms with van der Waals surface area (Å²) >= 11 is 1.44. The van der Waals surface area contributed by atoms with Gasteiger partial charge in [-0.25, -0.2) is 9.78 Å². The molecule has 0 bridgehead atoms. The van der Waals surface area contributed by atoms with Gasteiger partial charge in [0.2, 0.25) is 0 Å². The van der Waals surface area contributed by atoms with Gasteiger partial charge in [0.25, 0.3) is 0 Å². The van der Waals surface area contributed by atoms with Gasteiger partial charge in [-0.2, -0.15) is 15.5 Å². The van der Waals surface area contributed by atoms with Crippen molar-refractivity contribution in [3.05, 3.63) is 78.1 Å². The molecular weight excluding hydrogens is 386 g/mol. The number of anilines is 2. The highest BCUT2D eigenvalue weighted by Gasteiger charge is 2.16. The monoisotopic (exact) mass is 399 g/mol. The Morgan fingerprint density at radius 1 is 1.07 bits per heavy atom. The highest BCUT2D eigenvalue weighted by molar-refractivity contribution is 7.19. The van der Waals surface area contributed by atoms with Gasteiger partial charge in [-0.15, -0.1) is 0 Å². The number of nitrogens with zero attached hydrogens (tertiary/aromatic N) is 4. The van der Waals surface area contributed by atoms with Gasteiger partial charge in [0.05, 0.1) is 40.2 Å². The van der Waals surface area contributed by atoms with Gasteiger partial charge in [0, 0.05) is 16.8 Å². The third kappa shape index (κ3) is 3.95. The number of aromatic carboxylic acids is 1. The van der Waals surface area contributed by atoms with E-state index in [-0.39, 0.29) is 5.56 Å². The molecule has 0 aliphatic rings. The molecular formula is C21H13N5O2S. The molecule has 2 aromatic heterocycles. The van der Waals surface area contributed by atoms with E-state index in [1.807, 2.05) is 18.2 Å². The number of rotatable bonds is 5. The van der Waals surface area contributed by atoms with Gasteiger partial charge in [-0.1, -0.05) is 23.5 Å². The number of nitrogens with one attached hydrogen (secondary N) is 1. The Labute approximate surface area is 169 Å². The number of carboxylic acid groups (broad SMARTS) is 1. The summed E-state index contributed by atoms with van der Waals surface area (Å²) in [7, 11) is 0. The molecule has 0 saturated heterocycles. The standard InChI is InChI=1S/C21H13N5O2S/c22-11-13-2-1-3-15(10-13)18-19(16-8-9-23-24-12-16)29-21(26-18)25-17-6-4-14(5-7-17)20(27)28/h1-10,12H,(H,25,26)(H,27,28). The predicted molar refractivity (Wildman–Crippen MR) is 110 cm³/mol. The van der Waals surface area contributed by atoms with E-state index in [2.05, 4.69) is 21.6 Å². The van der Waals surface area contributed by atoms with E-state index < -0.39 is 5.97 Å². The average molecular weight is 399 g/mol. The number of hydrogen-bond acceptors (Lipinski definition) is 7. The average Bonchev–Trinajstić information content (AvgIpc) is 3.18. The maximum Gasteiger partial charge on any atom is 0.335 e. The van der Waals surface area contributed by atoms with Gasteiger partial charge >= 0.3 is 5.97 Å². The molecule has 7 nitrogen and oxygen atoms in total. The molecule has 4 rings (SSSR count). The van der Waals surface area contributed by atoms with Crippen LogP contribution in [0, 0.1) is 11.3 Å². The second-order valence-electron chi connectivity index (χ2n) is 6.03. The molecule has 0 aliphatic carbocycles. The smallest absolute Gasteiger partial charge is 0.335 e. The summed E-state index contributed by atoms with van der Waals surface area (Å²) in [4.78, 5) is 16.6. The molecule has 2 aromatic carbocycles. The van der Waals surface area contributed by atoms with Crippen molar-refractivity contribution in [2.45, 2.75) is 0 Å². The maximum absolute atomic E-state index is 11.0. The van der Waals surface area contributed by atoms with E-state index in [9.17, 15) is 10.1 Å². The quantitative estimate of drug-likeness (QED) is 0.505. The summed E-state index contributed by atoms with van der Waals surface area (Å²) in [5.41, 5.74) is 3.90. The molecule has 0 amide bonds. The van der Waals surface area contributed by atoms with Crippen LogP contribution in [0.2, 0.25) is 0 Å². The lowest BCUT2D eigenvalue weighted by Gasteiger charge is -2.03. The van der Waals surface area contributed by atoms with Crippen LogP contribution in [-0.2, 0) is 0 Å². The summed E-state index contributed by atoms with van der Waals surface area (Å²) < 4.78 is 0. The van der Waals surface area contributed by atoms with Crippen molar-refractivity contribution < 1.29 is 9.90 Å². The van der Waals surface area contributed by atoms with E-state index >= 15 is 0 Å². The first kappa shape index (κ1) is 18.3. The zero-order valence-corrected chi connectivity index (χ0v) is 15.7.